The van der Waals surface area contributed by atoms with Crippen molar-refractivity contribution in [3.63, 3.8) is 0 Å². The minimum atomic E-state index is 0.0776. The largest absolute Gasteiger partial charge is 0.357 e. The van der Waals surface area contributed by atoms with Crippen molar-refractivity contribution in [3.05, 3.63) is 12.2 Å². The summed E-state index contributed by atoms with van der Waals surface area (Å²) >= 11 is 0. The molecule has 4 heteroatoms. The molecule has 0 bridgehead atoms. The van der Waals surface area contributed by atoms with E-state index < -0.39 is 0 Å². The zero-order valence-electron chi connectivity index (χ0n) is 19.6. The first-order valence-electron chi connectivity index (χ1n) is 12.7. The van der Waals surface area contributed by atoms with Gasteiger partial charge >= 0.3 is 0 Å². The molecule has 0 aromatic heterocycles. The zero-order valence-corrected chi connectivity index (χ0v) is 19.6. The topological polar surface area (TPSA) is 53.6 Å². The van der Waals surface area contributed by atoms with Crippen molar-refractivity contribution in [2.45, 2.75) is 116 Å². The lowest BCUT2D eigenvalue weighted by Gasteiger charge is -2.21. The van der Waals surface area contributed by atoms with Crippen LogP contribution in [0.5, 0.6) is 0 Å². The molecule has 29 heavy (non-hydrogen) atoms. The minimum Gasteiger partial charge on any atom is -0.357 e. The third-order valence-corrected chi connectivity index (χ3v) is 5.79. The Labute approximate surface area is 181 Å². The number of nitrogens with two attached hydrogens (primary N) is 1. The molecule has 0 spiro atoms. The Bertz CT molecular complexity index is 417. The third-order valence-electron chi connectivity index (χ3n) is 5.79. The van der Waals surface area contributed by atoms with E-state index in [0.29, 0.717) is 0 Å². The van der Waals surface area contributed by atoms with E-state index in [0.717, 1.165) is 32.6 Å². The number of rotatable bonds is 20. The van der Waals surface area contributed by atoms with Crippen LogP contribution in [0.1, 0.15) is 110 Å². The molecule has 1 heterocycles. The molecule has 3 N–H and O–H groups in total. The molecule has 1 unspecified atom stereocenters. The molecule has 0 radical (unpaired) electrons. The van der Waals surface area contributed by atoms with Gasteiger partial charge in [-0.15, -0.1) is 0 Å². The summed E-state index contributed by atoms with van der Waals surface area (Å²) in [5.41, 5.74) is 5.75. The quantitative estimate of drug-likeness (QED) is 0.148. The molecule has 0 saturated heterocycles. The molecule has 1 aliphatic heterocycles. The van der Waals surface area contributed by atoms with E-state index in [9.17, 15) is 0 Å². The molecule has 0 saturated carbocycles. The highest BCUT2D eigenvalue weighted by molar-refractivity contribution is 5.83. The van der Waals surface area contributed by atoms with Gasteiger partial charge in [-0.2, -0.15) is 0 Å². The monoisotopic (exact) mass is 406 g/mol. The molecular formula is C25H50N4. The average Bonchev–Trinajstić information content (AvgIpc) is 3.14. The molecule has 0 amide bonds. The zero-order chi connectivity index (χ0) is 21.0. The highest BCUT2D eigenvalue weighted by Gasteiger charge is 2.15. The second kappa shape index (κ2) is 19.1. The van der Waals surface area contributed by atoms with Crippen LogP contribution in [-0.4, -0.2) is 43.1 Å². The maximum absolute atomic E-state index is 5.75. The first-order chi connectivity index (χ1) is 14.2. The number of unbranched alkanes of at least 4 members (excludes halogenated alkanes) is 12. The number of allylic oxidation sites excluding steroid dienone is 2. The van der Waals surface area contributed by atoms with Crippen LogP contribution in [0, 0.1) is 0 Å². The minimum absolute atomic E-state index is 0.0776. The predicted octanol–water partition coefficient (Wildman–Crippen LogP) is 6.02. The fourth-order valence-corrected chi connectivity index (χ4v) is 3.96. The molecule has 1 aliphatic rings. The maximum atomic E-state index is 5.75. The fraction of sp³-hybridized carbons (Fsp3) is 0.880. The number of nitrogens with one attached hydrogen (secondary N) is 1. The molecular weight excluding hydrogens is 356 g/mol. The average molecular weight is 407 g/mol. The van der Waals surface area contributed by atoms with Crippen molar-refractivity contribution in [3.8, 4) is 0 Å². The molecule has 4 nitrogen and oxygen atoms in total. The molecule has 0 aliphatic carbocycles. The summed E-state index contributed by atoms with van der Waals surface area (Å²) in [4.78, 5) is 7.14. The van der Waals surface area contributed by atoms with E-state index in [4.69, 9.17) is 10.7 Å². The van der Waals surface area contributed by atoms with Crippen molar-refractivity contribution < 1.29 is 0 Å². The summed E-state index contributed by atoms with van der Waals surface area (Å²) in [6.07, 6.45) is 25.2. The van der Waals surface area contributed by atoms with Crippen LogP contribution in [0.3, 0.4) is 0 Å². The summed E-state index contributed by atoms with van der Waals surface area (Å²) in [5.74, 6) is 1.33. The number of nitrogens with zero attached hydrogens (tertiary/aromatic N) is 2. The highest BCUT2D eigenvalue weighted by atomic mass is 15.2. The van der Waals surface area contributed by atoms with E-state index in [1.165, 1.54) is 95.7 Å². The Kier molecular flexibility index (Phi) is 17.2. The Morgan fingerprint density at radius 1 is 0.931 bits per heavy atom. The Hall–Kier alpha value is -0.870. The maximum Gasteiger partial charge on any atom is 0.0990 e. The van der Waals surface area contributed by atoms with Gasteiger partial charge in [0.15, 0.2) is 0 Å². The van der Waals surface area contributed by atoms with E-state index in [1.54, 1.807) is 0 Å². The lowest BCUT2D eigenvalue weighted by molar-refractivity contribution is 0.419. The van der Waals surface area contributed by atoms with E-state index in [-0.39, 0.29) is 6.17 Å². The van der Waals surface area contributed by atoms with Gasteiger partial charge in [0, 0.05) is 26.1 Å². The first kappa shape index (κ1) is 26.2. The fourth-order valence-electron chi connectivity index (χ4n) is 3.96. The van der Waals surface area contributed by atoms with Gasteiger partial charge in [0.2, 0.25) is 0 Å². The summed E-state index contributed by atoms with van der Waals surface area (Å²) in [5, 5.41) is 3.29. The second-order valence-corrected chi connectivity index (χ2v) is 8.72. The number of amidine groups is 1. The highest BCUT2D eigenvalue weighted by Crippen LogP contribution is 2.13. The van der Waals surface area contributed by atoms with Gasteiger partial charge in [-0.1, -0.05) is 76.9 Å². The third kappa shape index (κ3) is 15.6. The summed E-state index contributed by atoms with van der Waals surface area (Å²) in [7, 11) is 0. The van der Waals surface area contributed by atoms with Crippen molar-refractivity contribution in [1.82, 2.24) is 10.2 Å². The summed E-state index contributed by atoms with van der Waals surface area (Å²) < 4.78 is 0. The van der Waals surface area contributed by atoms with Gasteiger partial charge in [0.25, 0.3) is 0 Å². The standard InChI is InChI=1S/C25H50N4/c1-3-4-5-6-7-8-9-10-11-12-13-14-15-16-17-18-19-25-28-21-23-29(25)22-20-27-24(2)26/h10-11,24,27H,3-9,12-23,26H2,1-2H3/b11-10-. The van der Waals surface area contributed by atoms with Crippen molar-refractivity contribution in [2.24, 2.45) is 10.7 Å². The number of hydrogen-bond donors (Lipinski definition) is 2. The number of aliphatic imine (C=N–C) groups is 1. The smallest absolute Gasteiger partial charge is 0.0990 e. The lowest BCUT2D eigenvalue weighted by atomic mass is 10.1. The summed E-state index contributed by atoms with van der Waals surface area (Å²) in [6, 6.07) is 0. The predicted molar refractivity (Wildman–Crippen MR) is 130 cm³/mol. The van der Waals surface area contributed by atoms with Crippen LogP contribution in [0.25, 0.3) is 0 Å². The van der Waals surface area contributed by atoms with Crippen molar-refractivity contribution in [1.29, 1.82) is 0 Å². The van der Waals surface area contributed by atoms with Gasteiger partial charge in [-0.05, 0) is 39.0 Å². The van der Waals surface area contributed by atoms with Crippen molar-refractivity contribution >= 4 is 5.84 Å². The molecule has 1 rings (SSSR count). The van der Waals surface area contributed by atoms with E-state index in [1.807, 2.05) is 6.92 Å². The molecule has 170 valence electrons. The van der Waals surface area contributed by atoms with Gasteiger partial charge in [-0.3, -0.25) is 4.99 Å². The van der Waals surface area contributed by atoms with Crippen LogP contribution < -0.4 is 11.1 Å². The Morgan fingerprint density at radius 2 is 1.52 bits per heavy atom. The number of hydrogen-bond acceptors (Lipinski definition) is 4. The van der Waals surface area contributed by atoms with Crippen molar-refractivity contribution in [2.75, 3.05) is 26.2 Å². The Morgan fingerprint density at radius 3 is 2.14 bits per heavy atom. The SMILES string of the molecule is CCCCCCCC/C=C\CCCCCCCCC1=NCCN1CCNC(C)N. The van der Waals surface area contributed by atoms with Gasteiger partial charge < -0.3 is 16.0 Å². The van der Waals surface area contributed by atoms with Crippen LogP contribution >= 0.6 is 0 Å². The van der Waals surface area contributed by atoms with E-state index in [2.05, 4.69) is 29.3 Å². The normalized spacial score (nSPS) is 15.4. The van der Waals surface area contributed by atoms with Gasteiger partial charge in [0.05, 0.1) is 18.5 Å². The first-order valence-corrected chi connectivity index (χ1v) is 12.7. The van der Waals surface area contributed by atoms with Crippen LogP contribution in [0.4, 0.5) is 0 Å². The van der Waals surface area contributed by atoms with Crippen LogP contribution in [0.2, 0.25) is 0 Å². The molecule has 0 aromatic carbocycles. The molecule has 0 aromatic rings. The summed E-state index contributed by atoms with van der Waals surface area (Å²) in [6.45, 7) is 8.32. The lowest BCUT2D eigenvalue weighted by Crippen LogP contribution is -2.41. The Balaban J connectivity index is 1.85. The second-order valence-electron chi connectivity index (χ2n) is 8.72. The molecule has 0 fully saturated rings. The molecule has 1 atom stereocenters. The van der Waals surface area contributed by atoms with Gasteiger partial charge in [-0.25, -0.2) is 0 Å². The van der Waals surface area contributed by atoms with Crippen LogP contribution in [-0.2, 0) is 0 Å². The van der Waals surface area contributed by atoms with Crippen LogP contribution in [0.15, 0.2) is 17.1 Å². The van der Waals surface area contributed by atoms with E-state index >= 15 is 0 Å². The van der Waals surface area contributed by atoms with Gasteiger partial charge in [0.1, 0.15) is 0 Å².